The van der Waals surface area contributed by atoms with Crippen LogP contribution in [-0.4, -0.2) is 42.4 Å². The molecule has 144 valence electrons. The smallest absolute Gasteiger partial charge is 0.263 e. The van der Waals surface area contributed by atoms with Crippen LogP contribution in [0.15, 0.2) is 36.4 Å². The molecule has 1 unspecified atom stereocenters. The number of carbonyl (C=O) groups excluding carboxylic acids is 1. The molecule has 1 aliphatic heterocycles. The molecule has 0 spiro atoms. The zero-order chi connectivity index (χ0) is 19.1. The number of hydrogen-bond donors (Lipinski definition) is 1. The highest BCUT2D eigenvalue weighted by molar-refractivity contribution is 5.90. The maximum absolute atomic E-state index is 12.1. The van der Waals surface area contributed by atoms with Gasteiger partial charge in [-0.05, 0) is 49.9 Å². The number of ether oxygens (including phenoxy) is 2. The van der Waals surface area contributed by atoms with E-state index >= 15 is 0 Å². The fraction of sp³-hybridized carbons (Fsp3) is 0.450. The first kappa shape index (κ1) is 18.9. The van der Waals surface area contributed by atoms with Gasteiger partial charge in [-0.3, -0.25) is 4.79 Å². The second kappa shape index (κ2) is 9.21. The van der Waals surface area contributed by atoms with E-state index in [4.69, 9.17) is 9.47 Å². The van der Waals surface area contributed by atoms with E-state index in [1.807, 2.05) is 18.2 Å². The molecule has 3 rings (SSSR count). The molecule has 1 amide bonds. The van der Waals surface area contributed by atoms with Crippen LogP contribution in [0.25, 0.3) is 0 Å². The fourth-order valence-corrected chi connectivity index (χ4v) is 3.33. The Morgan fingerprint density at radius 1 is 1.19 bits per heavy atom. The molecule has 1 N–H and O–H groups in total. The van der Waals surface area contributed by atoms with Gasteiger partial charge in [0.25, 0.3) is 5.91 Å². The third-order valence-corrected chi connectivity index (χ3v) is 4.74. The number of amides is 1. The molecule has 0 bridgehead atoms. The van der Waals surface area contributed by atoms with Crippen molar-refractivity contribution in [1.29, 1.82) is 0 Å². The molecule has 1 aromatic heterocycles. The number of anilines is 2. The molecule has 0 aliphatic carbocycles. The van der Waals surface area contributed by atoms with E-state index in [0.717, 1.165) is 18.8 Å². The second-order valence-electron chi connectivity index (χ2n) is 6.52. The normalized spacial score (nSPS) is 16.7. The molecule has 7 heteroatoms. The zero-order valence-corrected chi connectivity index (χ0v) is 15.9. The highest BCUT2D eigenvalue weighted by Gasteiger charge is 2.22. The van der Waals surface area contributed by atoms with Crippen molar-refractivity contribution < 1.29 is 14.3 Å². The Morgan fingerprint density at radius 3 is 2.70 bits per heavy atom. The molecule has 2 heterocycles. The lowest BCUT2D eigenvalue weighted by molar-refractivity contribution is -0.118. The Hall–Kier alpha value is -2.83. The first-order valence-electron chi connectivity index (χ1n) is 9.37. The molecule has 1 aliphatic rings. The monoisotopic (exact) mass is 370 g/mol. The molecule has 7 nitrogen and oxygen atoms in total. The van der Waals surface area contributed by atoms with Gasteiger partial charge in [0.2, 0.25) is 0 Å². The Balaban J connectivity index is 1.55. The summed E-state index contributed by atoms with van der Waals surface area (Å²) in [6, 6.07) is 11.4. The van der Waals surface area contributed by atoms with Gasteiger partial charge in [-0.15, -0.1) is 10.2 Å². The minimum absolute atomic E-state index is 0.131. The van der Waals surface area contributed by atoms with Crippen molar-refractivity contribution in [3.05, 3.63) is 36.4 Å². The van der Waals surface area contributed by atoms with Crippen molar-refractivity contribution in [2.24, 2.45) is 0 Å². The van der Waals surface area contributed by atoms with Gasteiger partial charge in [0, 0.05) is 12.6 Å². The lowest BCUT2D eigenvalue weighted by atomic mass is 10.0. The number of hydrogen-bond acceptors (Lipinski definition) is 6. The molecule has 27 heavy (non-hydrogen) atoms. The number of rotatable bonds is 7. The van der Waals surface area contributed by atoms with Crippen molar-refractivity contribution >= 4 is 17.5 Å². The maximum atomic E-state index is 12.1. The molecule has 1 atom stereocenters. The van der Waals surface area contributed by atoms with Gasteiger partial charge in [-0.2, -0.15) is 0 Å². The third kappa shape index (κ3) is 4.87. The number of piperidine rings is 1. The van der Waals surface area contributed by atoms with Crippen LogP contribution in [0.5, 0.6) is 11.5 Å². The van der Waals surface area contributed by atoms with Crippen LogP contribution in [0.1, 0.15) is 32.6 Å². The largest absolute Gasteiger partial charge is 0.493 e. The lowest BCUT2D eigenvalue weighted by Gasteiger charge is -2.35. The highest BCUT2D eigenvalue weighted by Crippen LogP contribution is 2.26. The topological polar surface area (TPSA) is 76.6 Å². The Labute approximate surface area is 159 Å². The summed E-state index contributed by atoms with van der Waals surface area (Å²) in [6.45, 7) is 3.08. The average molecular weight is 370 g/mol. The molecular weight excluding hydrogens is 344 g/mol. The van der Waals surface area contributed by atoms with Crippen LogP contribution in [0, 0.1) is 0 Å². The highest BCUT2D eigenvalue weighted by atomic mass is 16.5. The van der Waals surface area contributed by atoms with Gasteiger partial charge < -0.3 is 19.7 Å². The van der Waals surface area contributed by atoms with Gasteiger partial charge in [0.1, 0.15) is 0 Å². The second-order valence-corrected chi connectivity index (χ2v) is 6.52. The Morgan fingerprint density at radius 2 is 2.00 bits per heavy atom. The number of benzene rings is 1. The summed E-state index contributed by atoms with van der Waals surface area (Å²) in [5.41, 5.74) is 0. The maximum Gasteiger partial charge on any atom is 0.263 e. The van der Waals surface area contributed by atoms with E-state index in [1.54, 1.807) is 25.3 Å². The number of nitrogens with one attached hydrogen (secondary N) is 1. The molecule has 0 radical (unpaired) electrons. The SMILES string of the molecule is CCC1CCCCN1c1ccc(NC(=O)COc2ccccc2OC)nn1. The lowest BCUT2D eigenvalue weighted by Crippen LogP contribution is -2.39. The molecule has 1 aromatic carbocycles. The molecule has 2 aromatic rings. The number of methoxy groups -OCH3 is 1. The van der Waals surface area contributed by atoms with Crippen LogP contribution in [0.2, 0.25) is 0 Å². The summed E-state index contributed by atoms with van der Waals surface area (Å²) in [6.07, 6.45) is 4.73. The van der Waals surface area contributed by atoms with Gasteiger partial charge in [-0.1, -0.05) is 19.1 Å². The third-order valence-electron chi connectivity index (χ3n) is 4.74. The van der Waals surface area contributed by atoms with Gasteiger partial charge in [0.15, 0.2) is 29.7 Å². The number of nitrogens with zero attached hydrogens (tertiary/aromatic N) is 3. The van der Waals surface area contributed by atoms with Crippen LogP contribution < -0.4 is 19.7 Å². The van der Waals surface area contributed by atoms with E-state index in [9.17, 15) is 4.79 Å². The van der Waals surface area contributed by atoms with Crippen molar-refractivity contribution in [3.63, 3.8) is 0 Å². The van der Waals surface area contributed by atoms with Crippen LogP contribution in [-0.2, 0) is 4.79 Å². The van der Waals surface area contributed by atoms with Gasteiger partial charge in [0.05, 0.1) is 7.11 Å². The molecular formula is C20H26N4O3. The number of carbonyl (C=O) groups is 1. The summed E-state index contributed by atoms with van der Waals surface area (Å²) < 4.78 is 10.7. The van der Waals surface area contributed by atoms with E-state index in [1.165, 1.54) is 19.3 Å². The molecule has 1 saturated heterocycles. The zero-order valence-electron chi connectivity index (χ0n) is 15.9. The van der Waals surface area contributed by atoms with Gasteiger partial charge in [-0.25, -0.2) is 0 Å². The fourth-order valence-electron chi connectivity index (χ4n) is 3.33. The van der Waals surface area contributed by atoms with Crippen molar-refractivity contribution in [1.82, 2.24) is 10.2 Å². The first-order valence-corrected chi connectivity index (χ1v) is 9.37. The predicted molar refractivity (Wildman–Crippen MR) is 104 cm³/mol. The summed E-state index contributed by atoms with van der Waals surface area (Å²) in [7, 11) is 1.56. The van der Waals surface area contributed by atoms with Crippen molar-refractivity contribution in [2.75, 3.05) is 30.5 Å². The van der Waals surface area contributed by atoms with Crippen LogP contribution >= 0.6 is 0 Å². The summed E-state index contributed by atoms with van der Waals surface area (Å²) in [5.74, 6) is 2.09. The van der Waals surface area contributed by atoms with Crippen LogP contribution in [0.4, 0.5) is 11.6 Å². The van der Waals surface area contributed by atoms with E-state index in [-0.39, 0.29) is 12.5 Å². The van der Waals surface area contributed by atoms with E-state index in [2.05, 4.69) is 27.3 Å². The Kier molecular flexibility index (Phi) is 6.46. The number of aromatic nitrogens is 2. The molecule has 0 saturated carbocycles. The standard InChI is InChI=1S/C20H26N4O3/c1-3-15-8-6-7-13-24(15)19-12-11-18(22-23-19)21-20(25)14-27-17-10-5-4-9-16(17)26-2/h4-5,9-12,15H,3,6-8,13-14H2,1-2H3,(H,21,22,25). The average Bonchev–Trinajstić information content (AvgIpc) is 2.73. The van der Waals surface area contributed by atoms with Crippen molar-refractivity contribution in [3.8, 4) is 11.5 Å². The van der Waals surface area contributed by atoms with E-state index < -0.39 is 0 Å². The quantitative estimate of drug-likeness (QED) is 0.806. The predicted octanol–water partition coefficient (Wildman–Crippen LogP) is 3.27. The van der Waals surface area contributed by atoms with Gasteiger partial charge >= 0.3 is 0 Å². The first-order chi connectivity index (χ1) is 13.2. The van der Waals surface area contributed by atoms with E-state index in [0.29, 0.717) is 23.4 Å². The summed E-state index contributed by atoms with van der Waals surface area (Å²) >= 11 is 0. The minimum atomic E-state index is -0.299. The van der Waals surface area contributed by atoms with Crippen molar-refractivity contribution in [2.45, 2.75) is 38.6 Å². The minimum Gasteiger partial charge on any atom is -0.493 e. The Bertz CT molecular complexity index is 751. The number of para-hydroxylation sites is 2. The van der Waals surface area contributed by atoms with Crippen LogP contribution in [0.3, 0.4) is 0 Å². The molecule has 1 fully saturated rings. The summed E-state index contributed by atoms with van der Waals surface area (Å²) in [5, 5.41) is 11.2. The summed E-state index contributed by atoms with van der Waals surface area (Å²) in [4.78, 5) is 14.4.